The van der Waals surface area contributed by atoms with Crippen LogP contribution >= 0.6 is 39.3 Å². The minimum absolute atomic E-state index is 0.0776. The molecule has 2 aromatic carbocycles. The topological polar surface area (TPSA) is 59.9 Å². The van der Waals surface area contributed by atoms with Crippen LogP contribution in [0.25, 0.3) is 6.08 Å². The quantitative estimate of drug-likeness (QED) is 0.454. The number of aliphatic imine (C=N–C) groups is 1. The Morgan fingerprint density at radius 2 is 2.21 bits per heavy atom. The summed E-state index contributed by atoms with van der Waals surface area (Å²) in [6.07, 6.45) is 7.03. The molecule has 0 saturated carbocycles. The van der Waals surface area contributed by atoms with Crippen LogP contribution in [0.3, 0.4) is 0 Å². The van der Waals surface area contributed by atoms with E-state index in [2.05, 4.69) is 32.2 Å². The van der Waals surface area contributed by atoms with Crippen molar-refractivity contribution in [2.24, 2.45) is 4.99 Å². The first-order chi connectivity index (χ1) is 13.9. The number of nitrogens with zero attached hydrogens (tertiary/aromatic N) is 1. The van der Waals surface area contributed by atoms with Gasteiger partial charge < -0.3 is 14.8 Å². The molecule has 5 nitrogen and oxygen atoms in total. The van der Waals surface area contributed by atoms with Gasteiger partial charge in [0.1, 0.15) is 6.61 Å². The molecule has 2 aromatic rings. The predicted octanol–water partition coefficient (Wildman–Crippen LogP) is 5.32. The Bertz CT molecular complexity index is 1080. The van der Waals surface area contributed by atoms with Gasteiger partial charge in [-0.25, -0.2) is 4.99 Å². The fraction of sp³-hybridized carbons (Fsp3) is 0.143. The van der Waals surface area contributed by atoms with E-state index in [1.54, 1.807) is 18.2 Å². The Hall–Kier alpha value is -2.40. The molecular formula is C21H16BrClN2O3S. The van der Waals surface area contributed by atoms with E-state index in [-0.39, 0.29) is 12.5 Å². The number of nitrogens with one attached hydrogen (secondary N) is 1. The average Bonchev–Trinajstić information content (AvgIpc) is 3.03. The Labute approximate surface area is 186 Å². The molecule has 1 heterocycles. The Morgan fingerprint density at radius 1 is 1.41 bits per heavy atom. The lowest BCUT2D eigenvalue weighted by Crippen LogP contribution is -2.19. The molecule has 0 atom stereocenters. The molecule has 1 saturated heterocycles. The maximum atomic E-state index is 12.5. The summed E-state index contributed by atoms with van der Waals surface area (Å²) in [6.45, 7) is 1.96. The van der Waals surface area contributed by atoms with Crippen molar-refractivity contribution in [3.63, 3.8) is 0 Å². The van der Waals surface area contributed by atoms with Crippen LogP contribution in [0.4, 0.5) is 5.69 Å². The Kier molecular flexibility index (Phi) is 6.91. The number of ether oxygens (including phenoxy) is 2. The van der Waals surface area contributed by atoms with Gasteiger partial charge in [-0.2, -0.15) is 0 Å². The van der Waals surface area contributed by atoms with Crippen molar-refractivity contribution in [3.05, 3.63) is 55.9 Å². The van der Waals surface area contributed by atoms with Crippen LogP contribution in [-0.4, -0.2) is 24.8 Å². The second kappa shape index (κ2) is 9.40. The first-order valence-corrected chi connectivity index (χ1v) is 10.4. The van der Waals surface area contributed by atoms with E-state index in [1.807, 2.05) is 25.1 Å². The molecule has 0 bridgehead atoms. The number of methoxy groups -OCH3 is 1. The maximum Gasteiger partial charge on any atom is 0.264 e. The van der Waals surface area contributed by atoms with Crippen LogP contribution in [0.1, 0.15) is 11.1 Å². The third kappa shape index (κ3) is 4.96. The fourth-order valence-electron chi connectivity index (χ4n) is 2.56. The van der Waals surface area contributed by atoms with Gasteiger partial charge in [-0.15, -0.1) is 6.42 Å². The Balaban J connectivity index is 1.96. The number of halogens is 2. The lowest BCUT2D eigenvalue weighted by molar-refractivity contribution is -0.115. The summed E-state index contributed by atoms with van der Waals surface area (Å²) in [7, 11) is 1.54. The smallest absolute Gasteiger partial charge is 0.264 e. The van der Waals surface area contributed by atoms with Gasteiger partial charge in [0, 0.05) is 15.1 Å². The highest BCUT2D eigenvalue weighted by Gasteiger charge is 2.25. The summed E-state index contributed by atoms with van der Waals surface area (Å²) in [4.78, 5) is 17.5. The molecule has 1 aliphatic heterocycles. The molecule has 3 rings (SSSR count). The van der Waals surface area contributed by atoms with Gasteiger partial charge in [-0.1, -0.05) is 39.5 Å². The van der Waals surface area contributed by atoms with E-state index < -0.39 is 0 Å². The minimum Gasteiger partial charge on any atom is -0.493 e. The van der Waals surface area contributed by atoms with Gasteiger partial charge in [0.25, 0.3) is 5.91 Å². The van der Waals surface area contributed by atoms with E-state index >= 15 is 0 Å². The zero-order valence-corrected chi connectivity index (χ0v) is 18.7. The van der Waals surface area contributed by atoms with Gasteiger partial charge in [0.2, 0.25) is 0 Å². The van der Waals surface area contributed by atoms with Gasteiger partial charge in [-0.05, 0) is 54.6 Å². The first-order valence-electron chi connectivity index (χ1n) is 8.41. The summed E-state index contributed by atoms with van der Waals surface area (Å²) in [5.41, 5.74) is 2.20. The molecule has 1 amide bonds. The number of carbonyl (C=O) groups excluding carboxylic acids is 1. The van der Waals surface area contributed by atoms with Crippen molar-refractivity contribution in [2.45, 2.75) is 6.92 Å². The van der Waals surface area contributed by atoms with Crippen molar-refractivity contribution in [1.82, 2.24) is 5.32 Å². The number of carbonyl (C=O) groups is 1. The minimum atomic E-state index is -0.254. The SMILES string of the molecule is C#CCOc1c(/C=C2\SC(=Nc3cccc(Cl)c3C)NC2=O)cc(Br)cc1OC. The highest BCUT2D eigenvalue weighted by Crippen LogP contribution is 2.38. The fourth-order valence-corrected chi connectivity index (χ4v) is 4.01. The second-order valence-corrected chi connectivity index (χ2v) is 8.24. The molecule has 29 heavy (non-hydrogen) atoms. The molecular weight excluding hydrogens is 476 g/mol. The highest BCUT2D eigenvalue weighted by molar-refractivity contribution is 9.10. The summed E-state index contributed by atoms with van der Waals surface area (Å²) in [6, 6.07) is 9.05. The number of terminal acetylenes is 1. The van der Waals surface area contributed by atoms with E-state index in [0.717, 1.165) is 10.0 Å². The lowest BCUT2D eigenvalue weighted by atomic mass is 10.1. The van der Waals surface area contributed by atoms with Crippen molar-refractivity contribution in [2.75, 3.05) is 13.7 Å². The first kappa shape index (κ1) is 21.3. The third-order valence-electron chi connectivity index (χ3n) is 3.97. The van der Waals surface area contributed by atoms with Gasteiger partial charge >= 0.3 is 0 Å². The monoisotopic (exact) mass is 490 g/mol. The standard InChI is InChI=1S/C21H16BrClN2O3S/c1-4-8-28-19-13(9-14(22)11-17(19)27-3)10-18-20(26)25-21(29-18)24-16-7-5-6-15(23)12(16)2/h1,5-7,9-11H,8H2,2-3H3,(H,24,25,26)/b18-10-. The number of amidine groups is 1. The molecule has 0 aromatic heterocycles. The van der Waals surface area contributed by atoms with E-state index in [9.17, 15) is 4.79 Å². The third-order valence-corrected chi connectivity index (χ3v) is 5.74. The predicted molar refractivity (Wildman–Crippen MR) is 122 cm³/mol. The Morgan fingerprint density at radius 3 is 2.93 bits per heavy atom. The molecule has 0 unspecified atom stereocenters. The van der Waals surface area contributed by atoms with E-state index in [1.165, 1.54) is 18.9 Å². The largest absolute Gasteiger partial charge is 0.493 e. The number of amides is 1. The molecule has 0 radical (unpaired) electrons. The maximum absolute atomic E-state index is 12.5. The van der Waals surface area contributed by atoms with Gasteiger partial charge in [0.15, 0.2) is 16.7 Å². The van der Waals surface area contributed by atoms with Crippen LogP contribution < -0.4 is 14.8 Å². The van der Waals surface area contributed by atoms with Crippen molar-refractivity contribution >= 4 is 62.1 Å². The van der Waals surface area contributed by atoms with Crippen LogP contribution in [0.2, 0.25) is 5.02 Å². The number of rotatable bonds is 5. The number of thioether (sulfide) groups is 1. The molecule has 1 N–H and O–H groups in total. The highest BCUT2D eigenvalue weighted by atomic mass is 79.9. The summed E-state index contributed by atoms with van der Waals surface area (Å²) in [5, 5.41) is 3.86. The molecule has 1 aliphatic rings. The van der Waals surface area contributed by atoms with Crippen LogP contribution in [0.15, 0.2) is 44.7 Å². The number of benzene rings is 2. The van der Waals surface area contributed by atoms with Crippen molar-refractivity contribution in [3.8, 4) is 23.8 Å². The van der Waals surface area contributed by atoms with E-state index in [4.69, 9.17) is 27.5 Å². The zero-order valence-electron chi connectivity index (χ0n) is 15.6. The van der Waals surface area contributed by atoms with Gasteiger partial charge in [0.05, 0.1) is 17.7 Å². The molecule has 8 heteroatoms. The molecule has 148 valence electrons. The number of hydrogen-bond acceptors (Lipinski definition) is 5. The van der Waals surface area contributed by atoms with Crippen LogP contribution in [-0.2, 0) is 4.79 Å². The van der Waals surface area contributed by atoms with Crippen LogP contribution in [0, 0.1) is 19.3 Å². The summed E-state index contributed by atoms with van der Waals surface area (Å²) < 4.78 is 11.8. The number of hydrogen-bond donors (Lipinski definition) is 1. The van der Waals surface area contributed by atoms with E-state index in [0.29, 0.717) is 37.8 Å². The molecule has 1 fully saturated rings. The summed E-state index contributed by atoms with van der Waals surface area (Å²) >= 11 is 10.8. The molecule has 0 spiro atoms. The lowest BCUT2D eigenvalue weighted by Gasteiger charge is -2.12. The van der Waals surface area contributed by atoms with Crippen molar-refractivity contribution in [1.29, 1.82) is 0 Å². The second-order valence-electron chi connectivity index (χ2n) is 5.88. The normalized spacial score (nSPS) is 16.0. The zero-order chi connectivity index (χ0) is 21.0. The average molecular weight is 492 g/mol. The van der Waals surface area contributed by atoms with Crippen LogP contribution in [0.5, 0.6) is 11.5 Å². The molecule has 0 aliphatic carbocycles. The van der Waals surface area contributed by atoms with Crippen molar-refractivity contribution < 1.29 is 14.3 Å². The summed E-state index contributed by atoms with van der Waals surface area (Å²) in [5.74, 6) is 3.15. The van der Waals surface area contributed by atoms with Gasteiger partial charge in [-0.3, -0.25) is 4.79 Å².